The number of carbonyl (C=O) groups excluding carboxylic acids is 1. The second-order valence-electron chi connectivity index (χ2n) is 7.63. The number of aliphatic hydroxyl groups excluding tert-OH is 2. The first kappa shape index (κ1) is 25.3. The first-order chi connectivity index (χ1) is 16.1. The predicted molar refractivity (Wildman–Crippen MR) is 128 cm³/mol. The van der Waals surface area contributed by atoms with Crippen LogP contribution in [-0.2, 0) is 27.4 Å². The van der Waals surface area contributed by atoms with Crippen molar-refractivity contribution in [1.82, 2.24) is 5.32 Å². The van der Waals surface area contributed by atoms with Gasteiger partial charge in [-0.25, -0.2) is 4.79 Å². The van der Waals surface area contributed by atoms with E-state index in [2.05, 4.69) is 11.9 Å². The zero-order valence-corrected chi connectivity index (χ0v) is 19.3. The second kappa shape index (κ2) is 13.4. The summed E-state index contributed by atoms with van der Waals surface area (Å²) in [4.78, 5) is 11.6. The number of aliphatic hydroxyl groups is 2. The summed E-state index contributed by atoms with van der Waals surface area (Å²) in [5.41, 5.74) is 3.71. The Labute approximate surface area is 198 Å². The van der Waals surface area contributed by atoms with Crippen LogP contribution in [0.15, 0.2) is 61.2 Å². The highest BCUT2D eigenvalue weighted by molar-refractivity contribution is 7.99. The molecule has 1 amide bonds. The molecule has 7 nitrogen and oxygen atoms in total. The first-order valence-electron chi connectivity index (χ1n) is 10.9. The van der Waals surface area contributed by atoms with Crippen LogP contribution in [0.2, 0.25) is 0 Å². The van der Waals surface area contributed by atoms with Gasteiger partial charge in [0.1, 0.15) is 6.61 Å². The lowest BCUT2D eigenvalue weighted by Crippen LogP contribution is -2.31. The summed E-state index contributed by atoms with van der Waals surface area (Å²) in [7, 11) is 0. The van der Waals surface area contributed by atoms with Crippen LogP contribution in [0.5, 0.6) is 0 Å². The van der Waals surface area contributed by atoms with E-state index in [9.17, 15) is 9.90 Å². The van der Waals surface area contributed by atoms with Crippen LogP contribution < -0.4 is 5.32 Å². The molecule has 3 atom stereocenters. The van der Waals surface area contributed by atoms with Gasteiger partial charge in [0.2, 0.25) is 0 Å². The number of amides is 1. The van der Waals surface area contributed by atoms with Crippen molar-refractivity contribution in [2.75, 3.05) is 24.7 Å². The predicted octanol–water partition coefficient (Wildman–Crippen LogP) is 3.86. The molecule has 8 heteroatoms. The average Bonchev–Trinajstić information content (AvgIpc) is 2.86. The fraction of sp³-hybridized carbons (Fsp3) is 0.400. The van der Waals surface area contributed by atoms with E-state index in [1.165, 1.54) is 6.08 Å². The maximum Gasteiger partial charge on any atom is 0.407 e. The van der Waals surface area contributed by atoms with Crippen molar-refractivity contribution in [3.8, 4) is 0 Å². The van der Waals surface area contributed by atoms with E-state index in [0.717, 1.165) is 28.0 Å². The van der Waals surface area contributed by atoms with Gasteiger partial charge in [-0.15, -0.1) is 0 Å². The molecule has 1 saturated heterocycles. The molecule has 1 aliphatic heterocycles. The molecule has 2 aromatic carbocycles. The Hall–Kier alpha value is -2.36. The van der Waals surface area contributed by atoms with Crippen molar-refractivity contribution in [1.29, 1.82) is 0 Å². The normalized spacial score (nSPS) is 20.2. The topological polar surface area (TPSA) is 97.3 Å². The molecule has 0 radical (unpaired) electrons. The van der Waals surface area contributed by atoms with Gasteiger partial charge in [-0.2, -0.15) is 11.8 Å². The summed E-state index contributed by atoms with van der Waals surface area (Å²) in [5.74, 6) is 1.43. The average molecular weight is 474 g/mol. The van der Waals surface area contributed by atoms with Gasteiger partial charge < -0.3 is 29.7 Å². The molecule has 1 fully saturated rings. The minimum Gasteiger partial charge on any atom is -0.445 e. The van der Waals surface area contributed by atoms with Gasteiger partial charge in [-0.1, -0.05) is 61.2 Å². The van der Waals surface area contributed by atoms with Crippen molar-refractivity contribution in [2.24, 2.45) is 0 Å². The van der Waals surface area contributed by atoms with E-state index >= 15 is 0 Å². The third kappa shape index (κ3) is 7.87. The molecular formula is C25H31NO6S. The maximum absolute atomic E-state index is 11.6. The van der Waals surface area contributed by atoms with Gasteiger partial charge in [0.05, 0.1) is 25.4 Å². The Morgan fingerprint density at radius 1 is 1.09 bits per heavy atom. The highest BCUT2D eigenvalue weighted by atomic mass is 32.2. The van der Waals surface area contributed by atoms with E-state index in [1.807, 2.05) is 48.5 Å². The molecule has 33 heavy (non-hydrogen) atoms. The lowest BCUT2D eigenvalue weighted by molar-refractivity contribution is -0.245. The van der Waals surface area contributed by atoms with Crippen LogP contribution in [0.1, 0.15) is 41.1 Å². The lowest BCUT2D eigenvalue weighted by atomic mass is 10.0. The first-order valence-corrected chi connectivity index (χ1v) is 12.1. The number of hydrogen-bond donors (Lipinski definition) is 3. The summed E-state index contributed by atoms with van der Waals surface area (Å²) in [6.07, 6.45) is 1.04. The van der Waals surface area contributed by atoms with Crippen LogP contribution in [0, 0.1) is 0 Å². The third-order valence-electron chi connectivity index (χ3n) is 5.18. The van der Waals surface area contributed by atoms with E-state index in [1.54, 1.807) is 11.8 Å². The van der Waals surface area contributed by atoms with Gasteiger partial charge >= 0.3 is 6.09 Å². The SMILES string of the molecule is C=CCOC(=O)NCc1ccc([C@H]2O[C@@H](CSCCO)C[C@@H](c3ccc(CO)cc3)O2)cc1. The molecule has 0 aliphatic carbocycles. The molecule has 2 aromatic rings. The molecule has 1 heterocycles. The van der Waals surface area contributed by atoms with E-state index in [-0.39, 0.29) is 32.0 Å². The summed E-state index contributed by atoms with van der Waals surface area (Å²) in [6, 6.07) is 15.5. The van der Waals surface area contributed by atoms with E-state index in [4.69, 9.17) is 19.3 Å². The minimum absolute atomic E-state index is 0.00511. The largest absolute Gasteiger partial charge is 0.445 e. The van der Waals surface area contributed by atoms with Crippen LogP contribution in [0.25, 0.3) is 0 Å². The van der Waals surface area contributed by atoms with Crippen molar-refractivity contribution in [3.63, 3.8) is 0 Å². The molecule has 0 spiro atoms. The number of alkyl carbamates (subject to hydrolysis) is 1. The fourth-order valence-corrected chi connectivity index (χ4v) is 4.23. The molecule has 3 N–H and O–H groups in total. The molecule has 0 saturated carbocycles. The van der Waals surface area contributed by atoms with E-state index in [0.29, 0.717) is 18.7 Å². The number of rotatable bonds is 11. The molecule has 3 rings (SSSR count). The van der Waals surface area contributed by atoms with Crippen molar-refractivity contribution >= 4 is 17.9 Å². The molecule has 178 valence electrons. The van der Waals surface area contributed by atoms with Crippen molar-refractivity contribution < 1.29 is 29.2 Å². The van der Waals surface area contributed by atoms with Crippen LogP contribution >= 0.6 is 11.8 Å². The summed E-state index contributed by atoms with van der Waals surface area (Å²) >= 11 is 1.66. The van der Waals surface area contributed by atoms with Crippen LogP contribution in [0.3, 0.4) is 0 Å². The number of thioether (sulfide) groups is 1. The summed E-state index contributed by atoms with van der Waals surface area (Å²) in [6.45, 7) is 4.18. The highest BCUT2D eigenvalue weighted by Crippen LogP contribution is 2.38. The van der Waals surface area contributed by atoms with Crippen molar-refractivity contribution in [3.05, 3.63) is 83.4 Å². The molecule has 0 bridgehead atoms. The van der Waals surface area contributed by atoms with Gasteiger partial charge in [-0.3, -0.25) is 0 Å². The number of benzene rings is 2. The second-order valence-corrected chi connectivity index (χ2v) is 8.78. The van der Waals surface area contributed by atoms with Crippen LogP contribution in [-0.4, -0.2) is 47.1 Å². The van der Waals surface area contributed by atoms with Gasteiger partial charge in [0.15, 0.2) is 6.29 Å². The Morgan fingerprint density at radius 2 is 1.79 bits per heavy atom. The standard InChI is InChI=1S/C25H31NO6S/c1-2-12-30-25(29)26-15-18-3-9-21(10-4-18)24-31-22(17-33-13-11-27)14-23(32-24)20-7-5-19(16-28)6-8-20/h2-10,22-24,27-28H,1,11-17H2,(H,26,29)/t22-,23+,24+/m1/s1. The Kier molecular flexibility index (Phi) is 10.2. The molecular weight excluding hydrogens is 442 g/mol. The highest BCUT2D eigenvalue weighted by Gasteiger charge is 2.32. The quantitative estimate of drug-likeness (QED) is 0.337. The summed E-state index contributed by atoms with van der Waals surface area (Å²) in [5, 5.41) is 21.1. The zero-order chi connectivity index (χ0) is 23.5. The van der Waals surface area contributed by atoms with E-state index < -0.39 is 12.4 Å². The maximum atomic E-state index is 11.6. The lowest BCUT2D eigenvalue weighted by Gasteiger charge is -2.36. The number of ether oxygens (including phenoxy) is 3. The minimum atomic E-state index is -0.527. The van der Waals surface area contributed by atoms with Gasteiger partial charge in [-0.05, 0) is 16.7 Å². The number of nitrogens with one attached hydrogen (secondary N) is 1. The number of carbonyl (C=O) groups is 1. The Balaban J connectivity index is 1.67. The molecule has 1 aliphatic rings. The Bertz CT molecular complexity index is 873. The van der Waals surface area contributed by atoms with Gasteiger partial charge in [0.25, 0.3) is 0 Å². The van der Waals surface area contributed by atoms with Gasteiger partial charge in [0, 0.05) is 30.0 Å². The molecule has 0 unspecified atom stereocenters. The monoisotopic (exact) mass is 473 g/mol. The fourth-order valence-electron chi connectivity index (χ4n) is 3.45. The summed E-state index contributed by atoms with van der Waals surface area (Å²) < 4.78 is 17.5. The van der Waals surface area contributed by atoms with Crippen molar-refractivity contribution in [2.45, 2.75) is 38.1 Å². The Morgan fingerprint density at radius 3 is 2.45 bits per heavy atom. The molecule has 0 aromatic heterocycles. The third-order valence-corrected chi connectivity index (χ3v) is 6.25. The van der Waals surface area contributed by atoms with Crippen LogP contribution in [0.4, 0.5) is 4.79 Å². The number of hydrogen-bond acceptors (Lipinski definition) is 7. The zero-order valence-electron chi connectivity index (χ0n) is 18.5. The smallest absolute Gasteiger partial charge is 0.407 e.